The Kier molecular flexibility index (Phi) is 11.2. The van der Waals surface area contributed by atoms with E-state index in [0.717, 1.165) is 49.7 Å². The number of aryl methyl sites for hydroxylation is 1. The zero-order valence-corrected chi connectivity index (χ0v) is 22.3. The Labute approximate surface area is 213 Å². The maximum Gasteiger partial charge on any atom is 0.321 e. The lowest BCUT2D eigenvalue weighted by molar-refractivity contribution is 0.222. The molecule has 2 aromatic rings. The number of guanidine groups is 1. The van der Waals surface area contributed by atoms with E-state index in [1.54, 1.807) is 11.8 Å². The van der Waals surface area contributed by atoms with Gasteiger partial charge in [0.25, 0.3) is 0 Å². The van der Waals surface area contributed by atoms with Gasteiger partial charge >= 0.3 is 6.03 Å². The van der Waals surface area contributed by atoms with Crippen LogP contribution in [0.2, 0.25) is 0 Å². The number of aliphatic imine (C=N–C) groups is 1. The number of likely N-dealkylation sites (tertiary alicyclic amines) is 1. The number of hydrogen-bond donors (Lipinski definition) is 3. The molecule has 1 saturated heterocycles. The second-order valence-corrected chi connectivity index (χ2v) is 8.54. The average molecular weight is 568 g/mol. The van der Waals surface area contributed by atoms with E-state index in [-0.39, 0.29) is 30.0 Å². The van der Waals surface area contributed by atoms with Crippen LogP contribution in [-0.4, -0.2) is 42.8 Å². The lowest BCUT2D eigenvalue weighted by atomic mass is 10.1. The minimum atomic E-state index is -0.0177. The summed E-state index contributed by atoms with van der Waals surface area (Å²) < 4.78 is 0. The first kappa shape index (κ1) is 26.3. The number of halogens is 1. The van der Waals surface area contributed by atoms with Gasteiger partial charge in [-0.05, 0) is 67.8 Å². The highest BCUT2D eigenvalue weighted by molar-refractivity contribution is 14.0. The number of carbonyl (C=O) groups is 1. The summed E-state index contributed by atoms with van der Waals surface area (Å²) in [6, 6.07) is 14.4. The molecule has 8 heteroatoms. The molecule has 1 aliphatic heterocycles. The third-order valence-corrected chi connectivity index (χ3v) is 6.04. The van der Waals surface area contributed by atoms with Gasteiger partial charge in [0, 0.05) is 36.8 Å². The van der Waals surface area contributed by atoms with E-state index in [1.807, 2.05) is 29.2 Å². The fraction of sp³-hybridized carbons (Fsp3) is 0.417. The minimum absolute atomic E-state index is 0. The van der Waals surface area contributed by atoms with Crippen LogP contribution >= 0.6 is 35.7 Å². The molecule has 0 radical (unpaired) electrons. The van der Waals surface area contributed by atoms with Crippen LogP contribution in [0.4, 0.5) is 10.5 Å². The van der Waals surface area contributed by atoms with Crippen LogP contribution < -0.4 is 16.0 Å². The molecule has 2 amide bonds. The molecular formula is C24H34IN5OS. The Morgan fingerprint density at radius 3 is 2.62 bits per heavy atom. The van der Waals surface area contributed by atoms with E-state index in [9.17, 15) is 4.79 Å². The van der Waals surface area contributed by atoms with E-state index in [1.165, 1.54) is 16.0 Å². The van der Waals surface area contributed by atoms with Gasteiger partial charge in [-0.2, -0.15) is 0 Å². The Morgan fingerprint density at radius 2 is 1.91 bits per heavy atom. The highest BCUT2D eigenvalue weighted by atomic mass is 127. The monoisotopic (exact) mass is 567 g/mol. The van der Waals surface area contributed by atoms with Crippen molar-refractivity contribution >= 4 is 53.4 Å². The van der Waals surface area contributed by atoms with Crippen molar-refractivity contribution in [3.63, 3.8) is 0 Å². The van der Waals surface area contributed by atoms with Crippen molar-refractivity contribution in [2.24, 2.45) is 4.99 Å². The molecule has 0 aromatic heterocycles. The topological polar surface area (TPSA) is 68.8 Å². The Morgan fingerprint density at radius 1 is 1.12 bits per heavy atom. The number of nitrogens with one attached hydrogen (secondary N) is 3. The van der Waals surface area contributed by atoms with Crippen molar-refractivity contribution in [3.05, 3.63) is 59.2 Å². The van der Waals surface area contributed by atoms with Gasteiger partial charge in [0.05, 0.1) is 6.54 Å². The molecule has 0 saturated carbocycles. The van der Waals surface area contributed by atoms with Crippen LogP contribution in [0.3, 0.4) is 0 Å². The lowest BCUT2D eigenvalue weighted by Crippen LogP contribution is -2.36. The number of rotatable bonds is 7. The maximum atomic E-state index is 12.3. The predicted octanol–water partition coefficient (Wildman–Crippen LogP) is 5.22. The molecule has 0 aliphatic carbocycles. The summed E-state index contributed by atoms with van der Waals surface area (Å²) in [6.45, 7) is 7.90. The molecule has 3 rings (SSSR count). The Balaban J connectivity index is 0.00000363. The highest BCUT2D eigenvalue weighted by Crippen LogP contribution is 2.21. The average Bonchev–Trinajstić information content (AvgIpc) is 3.32. The van der Waals surface area contributed by atoms with Crippen LogP contribution in [-0.2, 0) is 13.1 Å². The van der Waals surface area contributed by atoms with Gasteiger partial charge in [-0.25, -0.2) is 9.79 Å². The minimum Gasteiger partial charge on any atom is -0.357 e. The molecule has 174 valence electrons. The number of benzene rings is 2. The first-order valence-corrected chi connectivity index (χ1v) is 12.1. The summed E-state index contributed by atoms with van der Waals surface area (Å²) in [4.78, 5) is 20.2. The number of amides is 2. The second kappa shape index (κ2) is 13.6. The van der Waals surface area contributed by atoms with Crippen LogP contribution in [0.5, 0.6) is 0 Å². The number of thioether (sulfide) groups is 1. The molecule has 1 fully saturated rings. The van der Waals surface area contributed by atoms with Crippen LogP contribution in [0.1, 0.15) is 36.5 Å². The largest absolute Gasteiger partial charge is 0.357 e. The number of urea groups is 1. The SMILES string of the molecule is CCNC(=NCc1cccc(NC(=O)N2CCCC2)c1)NCc1ccc(C)cc1SC.I. The van der Waals surface area contributed by atoms with Gasteiger partial charge in [-0.1, -0.05) is 24.3 Å². The molecule has 0 unspecified atom stereocenters. The van der Waals surface area contributed by atoms with Gasteiger partial charge < -0.3 is 20.9 Å². The summed E-state index contributed by atoms with van der Waals surface area (Å²) in [6.07, 6.45) is 4.28. The number of anilines is 1. The zero-order valence-electron chi connectivity index (χ0n) is 19.1. The van der Waals surface area contributed by atoms with Crippen molar-refractivity contribution < 1.29 is 4.79 Å². The smallest absolute Gasteiger partial charge is 0.321 e. The van der Waals surface area contributed by atoms with Crippen LogP contribution in [0, 0.1) is 6.92 Å². The normalized spacial score (nSPS) is 13.5. The van der Waals surface area contributed by atoms with Crippen molar-refractivity contribution in [2.75, 3.05) is 31.2 Å². The van der Waals surface area contributed by atoms with Crippen molar-refractivity contribution in [2.45, 2.75) is 44.7 Å². The highest BCUT2D eigenvalue weighted by Gasteiger charge is 2.17. The van der Waals surface area contributed by atoms with E-state index in [2.05, 4.69) is 54.3 Å². The van der Waals surface area contributed by atoms with Crippen molar-refractivity contribution in [1.82, 2.24) is 15.5 Å². The summed E-state index contributed by atoms with van der Waals surface area (Å²) in [5.74, 6) is 0.779. The third kappa shape index (κ3) is 7.88. The molecular weight excluding hydrogens is 533 g/mol. The Hall–Kier alpha value is -1.94. The van der Waals surface area contributed by atoms with Gasteiger partial charge in [0.2, 0.25) is 0 Å². The first-order chi connectivity index (χ1) is 15.1. The predicted molar refractivity (Wildman–Crippen MR) is 146 cm³/mol. The molecule has 1 aliphatic rings. The molecule has 6 nitrogen and oxygen atoms in total. The second-order valence-electron chi connectivity index (χ2n) is 7.69. The standard InChI is InChI=1S/C24H33N5OS.HI/c1-4-25-23(27-17-20-11-10-18(2)14-22(20)31-3)26-16-19-8-7-9-21(15-19)28-24(30)29-12-5-6-13-29;/h7-11,14-15H,4-6,12-13,16-17H2,1-3H3,(H,28,30)(H2,25,26,27);1H. The van der Waals surface area contributed by atoms with Gasteiger partial charge in [0.1, 0.15) is 0 Å². The van der Waals surface area contributed by atoms with Crippen LogP contribution in [0.15, 0.2) is 52.4 Å². The molecule has 0 spiro atoms. The molecule has 3 N–H and O–H groups in total. The quantitative estimate of drug-likeness (QED) is 0.186. The molecule has 0 bridgehead atoms. The fourth-order valence-electron chi connectivity index (χ4n) is 3.56. The number of carbonyl (C=O) groups excluding carboxylic acids is 1. The summed E-state index contributed by atoms with van der Waals surface area (Å²) in [5.41, 5.74) is 4.39. The third-order valence-electron chi connectivity index (χ3n) is 5.22. The zero-order chi connectivity index (χ0) is 22.1. The summed E-state index contributed by atoms with van der Waals surface area (Å²) in [5, 5.41) is 9.75. The van der Waals surface area contributed by atoms with E-state index < -0.39 is 0 Å². The van der Waals surface area contributed by atoms with Crippen LogP contribution in [0.25, 0.3) is 0 Å². The van der Waals surface area contributed by atoms with Crippen molar-refractivity contribution in [3.8, 4) is 0 Å². The first-order valence-electron chi connectivity index (χ1n) is 10.9. The fourth-order valence-corrected chi connectivity index (χ4v) is 4.27. The number of hydrogen-bond acceptors (Lipinski definition) is 3. The molecule has 0 atom stereocenters. The Bertz CT molecular complexity index is 915. The number of nitrogens with zero attached hydrogens (tertiary/aromatic N) is 2. The van der Waals surface area contributed by atoms with Crippen molar-refractivity contribution in [1.29, 1.82) is 0 Å². The van der Waals surface area contributed by atoms with E-state index >= 15 is 0 Å². The lowest BCUT2D eigenvalue weighted by Gasteiger charge is -2.16. The molecule has 2 aromatic carbocycles. The molecule has 1 heterocycles. The van der Waals surface area contributed by atoms with Gasteiger partial charge in [0.15, 0.2) is 5.96 Å². The maximum absolute atomic E-state index is 12.3. The van der Waals surface area contributed by atoms with E-state index in [0.29, 0.717) is 13.1 Å². The van der Waals surface area contributed by atoms with Gasteiger partial charge in [-0.15, -0.1) is 35.7 Å². The van der Waals surface area contributed by atoms with Gasteiger partial charge in [-0.3, -0.25) is 0 Å². The summed E-state index contributed by atoms with van der Waals surface area (Å²) in [7, 11) is 0. The molecule has 32 heavy (non-hydrogen) atoms. The summed E-state index contributed by atoms with van der Waals surface area (Å²) >= 11 is 1.76. The van der Waals surface area contributed by atoms with E-state index in [4.69, 9.17) is 4.99 Å².